The van der Waals surface area contributed by atoms with Crippen molar-refractivity contribution in [3.8, 4) is 5.75 Å². The Labute approximate surface area is 163 Å². The minimum atomic E-state index is -0.301. The van der Waals surface area contributed by atoms with E-state index in [1.165, 1.54) is 12.1 Å². The van der Waals surface area contributed by atoms with Gasteiger partial charge in [-0.1, -0.05) is 17.3 Å². The fourth-order valence-corrected chi connectivity index (χ4v) is 3.02. The van der Waals surface area contributed by atoms with Gasteiger partial charge in [0.1, 0.15) is 11.6 Å². The number of oxime groups is 1. The molecule has 7 heteroatoms. The van der Waals surface area contributed by atoms with E-state index in [1.54, 1.807) is 24.1 Å². The van der Waals surface area contributed by atoms with Crippen molar-refractivity contribution in [1.82, 2.24) is 10.2 Å². The van der Waals surface area contributed by atoms with E-state index in [9.17, 15) is 9.18 Å². The summed E-state index contributed by atoms with van der Waals surface area (Å²) in [5, 5.41) is 7.00. The van der Waals surface area contributed by atoms with Gasteiger partial charge in [-0.25, -0.2) is 9.18 Å². The van der Waals surface area contributed by atoms with Crippen LogP contribution in [0.25, 0.3) is 0 Å². The second kappa shape index (κ2) is 9.21. The highest BCUT2D eigenvalue weighted by Gasteiger charge is 2.26. The van der Waals surface area contributed by atoms with E-state index in [0.717, 1.165) is 22.6 Å². The average molecular weight is 385 g/mol. The monoisotopic (exact) mass is 385 g/mol. The molecule has 1 aliphatic heterocycles. The minimum Gasteiger partial charge on any atom is -0.497 e. The molecule has 1 atom stereocenters. The van der Waals surface area contributed by atoms with Crippen LogP contribution in [0.4, 0.5) is 9.18 Å². The van der Waals surface area contributed by atoms with Crippen molar-refractivity contribution in [2.24, 2.45) is 5.16 Å². The van der Waals surface area contributed by atoms with Gasteiger partial charge in [0.15, 0.2) is 6.10 Å². The van der Waals surface area contributed by atoms with E-state index in [4.69, 9.17) is 9.57 Å². The summed E-state index contributed by atoms with van der Waals surface area (Å²) in [4.78, 5) is 19.7. The van der Waals surface area contributed by atoms with Gasteiger partial charge in [-0.2, -0.15) is 0 Å². The maximum Gasteiger partial charge on any atom is 0.317 e. The molecule has 1 aliphatic rings. The second-order valence-electron chi connectivity index (χ2n) is 6.54. The molecule has 2 amide bonds. The van der Waals surface area contributed by atoms with Crippen LogP contribution in [0.1, 0.15) is 24.5 Å². The molecule has 28 heavy (non-hydrogen) atoms. The van der Waals surface area contributed by atoms with Crippen LogP contribution in [-0.2, 0) is 11.4 Å². The van der Waals surface area contributed by atoms with Crippen LogP contribution in [0.3, 0.4) is 0 Å². The summed E-state index contributed by atoms with van der Waals surface area (Å²) in [5.41, 5.74) is 2.65. The molecule has 0 aliphatic carbocycles. The molecule has 1 N–H and O–H groups in total. The molecule has 6 nitrogen and oxygen atoms in total. The van der Waals surface area contributed by atoms with Gasteiger partial charge in [0.2, 0.25) is 0 Å². The van der Waals surface area contributed by atoms with Crippen molar-refractivity contribution in [2.75, 3.05) is 20.2 Å². The SMILES string of the molecule is CCNC(=O)N(Cc1ccc(F)cc1)CC1CC(c2ccc(OC)cc2)=NO1. The zero-order chi connectivity index (χ0) is 19.9. The predicted octanol–water partition coefficient (Wildman–Crippen LogP) is 3.56. The summed E-state index contributed by atoms with van der Waals surface area (Å²) in [7, 11) is 1.62. The third-order valence-electron chi connectivity index (χ3n) is 4.48. The van der Waals surface area contributed by atoms with Gasteiger partial charge in [-0.15, -0.1) is 0 Å². The third-order valence-corrected chi connectivity index (χ3v) is 4.48. The number of carbonyl (C=O) groups excluding carboxylic acids is 1. The topological polar surface area (TPSA) is 63.2 Å². The summed E-state index contributed by atoms with van der Waals surface area (Å²) < 4.78 is 18.3. The minimum absolute atomic E-state index is 0.187. The van der Waals surface area contributed by atoms with E-state index in [1.807, 2.05) is 31.2 Å². The normalized spacial score (nSPS) is 15.5. The van der Waals surface area contributed by atoms with Gasteiger partial charge < -0.3 is 19.8 Å². The van der Waals surface area contributed by atoms with Crippen LogP contribution in [0.5, 0.6) is 5.75 Å². The number of benzene rings is 2. The summed E-state index contributed by atoms with van der Waals surface area (Å²) in [6.07, 6.45) is 0.367. The summed E-state index contributed by atoms with van der Waals surface area (Å²) in [6.45, 7) is 3.14. The highest BCUT2D eigenvalue weighted by molar-refractivity contribution is 6.01. The van der Waals surface area contributed by atoms with Gasteiger partial charge in [-0.05, 0) is 54.4 Å². The Morgan fingerprint density at radius 3 is 2.61 bits per heavy atom. The van der Waals surface area contributed by atoms with Crippen LogP contribution >= 0.6 is 0 Å². The highest BCUT2D eigenvalue weighted by atomic mass is 19.1. The molecule has 148 valence electrons. The number of nitrogens with one attached hydrogen (secondary N) is 1. The lowest BCUT2D eigenvalue weighted by atomic mass is 10.0. The van der Waals surface area contributed by atoms with Gasteiger partial charge in [0.05, 0.1) is 19.4 Å². The van der Waals surface area contributed by atoms with Gasteiger partial charge >= 0.3 is 6.03 Å². The number of urea groups is 1. The third kappa shape index (κ3) is 5.00. The zero-order valence-electron chi connectivity index (χ0n) is 16.0. The van der Waals surface area contributed by atoms with Gasteiger partial charge in [0.25, 0.3) is 0 Å². The number of rotatable bonds is 7. The lowest BCUT2D eigenvalue weighted by Gasteiger charge is -2.25. The van der Waals surface area contributed by atoms with Crippen LogP contribution in [0.2, 0.25) is 0 Å². The first kappa shape index (κ1) is 19.7. The number of carbonyl (C=O) groups is 1. The standard InChI is InChI=1S/C21H24FN3O3/c1-3-23-21(26)25(13-15-4-8-17(22)9-5-15)14-19-12-20(24-28-19)16-6-10-18(27-2)11-7-16/h4-11,19H,3,12-14H2,1-2H3,(H,23,26). The molecule has 0 saturated heterocycles. The van der Waals surface area contributed by atoms with Crippen LogP contribution in [0.15, 0.2) is 53.7 Å². The van der Waals surface area contributed by atoms with Crippen molar-refractivity contribution in [1.29, 1.82) is 0 Å². The Balaban J connectivity index is 1.64. The molecular formula is C21H24FN3O3. The Kier molecular flexibility index (Phi) is 6.47. The average Bonchev–Trinajstić information content (AvgIpc) is 3.18. The van der Waals surface area contributed by atoms with Crippen molar-refractivity contribution in [3.63, 3.8) is 0 Å². The number of amides is 2. The Hall–Kier alpha value is -3.09. The summed E-state index contributed by atoms with van der Waals surface area (Å²) in [6, 6.07) is 13.6. The molecule has 3 rings (SSSR count). The van der Waals surface area contributed by atoms with Crippen LogP contribution in [0, 0.1) is 5.82 Å². The molecule has 2 aromatic carbocycles. The van der Waals surface area contributed by atoms with E-state index in [0.29, 0.717) is 26.1 Å². The lowest BCUT2D eigenvalue weighted by Crippen LogP contribution is -2.43. The molecule has 0 aromatic heterocycles. The van der Waals surface area contributed by atoms with E-state index < -0.39 is 0 Å². The van der Waals surface area contributed by atoms with Crippen LogP contribution in [-0.4, -0.2) is 42.9 Å². The molecular weight excluding hydrogens is 361 g/mol. The maximum atomic E-state index is 13.1. The van der Waals surface area contributed by atoms with E-state index >= 15 is 0 Å². The molecule has 1 heterocycles. The first-order valence-electron chi connectivity index (χ1n) is 9.23. The zero-order valence-corrected chi connectivity index (χ0v) is 16.0. The van der Waals surface area contributed by atoms with Gasteiger partial charge in [-0.3, -0.25) is 0 Å². The smallest absolute Gasteiger partial charge is 0.317 e. The molecule has 2 aromatic rings. The molecule has 0 bridgehead atoms. The molecule has 0 fully saturated rings. The lowest BCUT2D eigenvalue weighted by molar-refractivity contribution is 0.0590. The molecule has 0 saturated carbocycles. The van der Waals surface area contributed by atoms with Crippen LogP contribution < -0.4 is 10.1 Å². The molecule has 0 spiro atoms. The van der Waals surface area contributed by atoms with E-state index in [2.05, 4.69) is 10.5 Å². The van der Waals surface area contributed by atoms with E-state index in [-0.39, 0.29) is 18.0 Å². The fourth-order valence-electron chi connectivity index (χ4n) is 3.02. The predicted molar refractivity (Wildman–Crippen MR) is 105 cm³/mol. The largest absolute Gasteiger partial charge is 0.497 e. The first-order valence-corrected chi connectivity index (χ1v) is 9.23. The number of methoxy groups -OCH3 is 1. The Morgan fingerprint density at radius 2 is 1.96 bits per heavy atom. The number of halogens is 1. The number of hydrogen-bond acceptors (Lipinski definition) is 4. The summed E-state index contributed by atoms with van der Waals surface area (Å²) >= 11 is 0. The van der Waals surface area contributed by atoms with Crippen molar-refractivity contribution in [3.05, 3.63) is 65.5 Å². The van der Waals surface area contributed by atoms with Crippen molar-refractivity contribution < 1.29 is 18.8 Å². The first-order chi connectivity index (χ1) is 13.6. The van der Waals surface area contributed by atoms with Crippen molar-refractivity contribution >= 4 is 11.7 Å². The Bertz CT molecular complexity index is 822. The summed E-state index contributed by atoms with van der Waals surface area (Å²) in [5.74, 6) is 0.478. The maximum absolute atomic E-state index is 13.1. The second-order valence-corrected chi connectivity index (χ2v) is 6.54. The van der Waals surface area contributed by atoms with Crippen molar-refractivity contribution in [2.45, 2.75) is 26.0 Å². The quantitative estimate of drug-likeness (QED) is 0.793. The number of nitrogens with zero attached hydrogens (tertiary/aromatic N) is 2. The highest BCUT2D eigenvalue weighted by Crippen LogP contribution is 2.20. The molecule has 0 radical (unpaired) electrons. The fraction of sp³-hybridized carbons (Fsp3) is 0.333. The van der Waals surface area contributed by atoms with Gasteiger partial charge in [0, 0.05) is 19.5 Å². The molecule has 1 unspecified atom stereocenters. The number of hydrogen-bond donors (Lipinski definition) is 1. The number of ether oxygens (including phenoxy) is 1. The Morgan fingerprint density at radius 1 is 1.25 bits per heavy atom.